The minimum absolute atomic E-state index is 0.00316. The normalized spacial score (nSPS) is 21.2. The molecule has 1 aliphatic carbocycles. The molecule has 4 rings (SSSR count). The predicted molar refractivity (Wildman–Crippen MR) is 100 cm³/mol. The number of nitrogens with zero attached hydrogens (tertiary/aromatic N) is 1. The van der Waals surface area contributed by atoms with Crippen LogP contribution in [0.2, 0.25) is 0 Å². The fourth-order valence-electron chi connectivity index (χ4n) is 4.04. The zero-order valence-corrected chi connectivity index (χ0v) is 15.4. The van der Waals surface area contributed by atoms with Crippen molar-refractivity contribution in [3.05, 3.63) is 28.6 Å². The van der Waals surface area contributed by atoms with Gasteiger partial charge in [0.25, 0.3) is 10.7 Å². The average Bonchev–Trinajstić information content (AvgIpc) is 3.26. The van der Waals surface area contributed by atoms with Gasteiger partial charge in [-0.3, -0.25) is 9.59 Å². The summed E-state index contributed by atoms with van der Waals surface area (Å²) in [6.45, 7) is 1.33. The van der Waals surface area contributed by atoms with Gasteiger partial charge in [0.1, 0.15) is 0 Å². The van der Waals surface area contributed by atoms with Crippen LogP contribution in [0.3, 0.4) is 0 Å². The van der Waals surface area contributed by atoms with Crippen LogP contribution in [0.5, 0.6) is 0 Å². The van der Waals surface area contributed by atoms with E-state index >= 15 is 0 Å². The molecule has 6 nitrogen and oxygen atoms in total. The minimum atomic E-state index is -0.147. The molecule has 0 bridgehead atoms. The van der Waals surface area contributed by atoms with Gasteiger partial charge >= 0.3 is 0 Å². The Labute approximate surface area is 156 Å². The van der Waals surface area contributed by atoms with E-state index in [4.69, 9.17) is 16.6 Å². The first kappa shape index (κ1) is 17.3. The van der Waals surface area contributed by atoms with Gasteiger partial charge in [0.2, 0.25) is 5.91 Å². The Balaban J connectivity index is 1.37. The fourth-order valence-corrected chi connectivity index (χ4v) is 4.24. The first-order valence-electron chi connectivity index (χ1n) is 9.33. The van der Waals surface area contributed by atoms with Crippen LogP contribution < -0.4 is 5.32 Å². The molecule has 1 saturated carbocycles. The smallest absolute Gasteiger partial charge is 0.266 e. The van der Waals surface area contributed by atoms with E-state index in [1.807, 2.05) is 4.90 Å². The summed E-state index contributed by atoms with van der Waals surface area (Å²) < 4.78 is 5.37. The number of fused-ring (bicyclic) bond motifs is 1. The number of benzene rings is 1. The van der Waals surface area contributed by atoms with Crippen molar-refractivity contribution in [2.24, 2.45) is 5.92 Å². The lowest BCUT2D eigenvalue weighted by Crippen LogP contribution is -2.40. The highest BCUT2D eigenvalue weighted by molar-refractivity contribution is 7.71. The highest BCUT2D eigenvalue weighted by Gasteiger charge is 2.32. The first-order chi connectivity index (χ1) is 12.6. The molecule has 2 aliphatic rings. The quantitative estimate of drug-likeness (QED) is 0.808. The SMILES string of the molecule is O=C(NC1CCN(C(=O)C2CCCCC2)C1)c1ccc2[nH]c(=S)oc2c1. The van der Waals surface area contributed by atoms with Gasteiger partial charge in [-0.25, -0.2) is 0 Å². The minimum Gasteiger partial charge on any atom is -0.429 e. The summed E-state index contributed by atoms with van der Waals surface area (Å²) in [4.78, 5) is 30.3. The molecule has 1 atom stereocenters. The van der Waals surface area contributed by atoms with Crippen LogP contribution in [0, 0.1) is 10.8 Å². The lowest BCUT2D eigenvalue weighted by Gasteiger charge is -2.26. The molecule has 2 heterocycles. The van der Waals surface area contributed by atoms with Gasteiger partial charge in [-0.15, -0.1) is 0 Å². The third kappa shape index (κ3) is 3.53. The molecule has 26 heavy (non-hydrogen) atoms. The van der Waals surface area contributed by atoms with E-state index in [-0.39, 0.29) is 23.8 Å². The summed E-state index contributed by atoms with van der Waals surface area (Å²) in [5.41, 5.74) is 1.88. The van der Waals surface area contributed by atoms with Gasteiger partial charge in [0, 0.05) is 30.6 Å². The van der Waals surface area contributed by atoms with E-state index < -0.39 is 0 Å². The zero-order chi connectivity index (χ0) is 18.1. The highest BCUT2D eigenvalue weighted by Crippen LogP contribution is 2.27. The number of hydrogen-bond acceptors (Lipinski definition) is 4. The molecule has 1 aliphatic heterocycles. The van der Waals surface area contributed by atoms with Crippen LogP contribution in [0.25, 0.3) is 11.1 Å². The van der Waals surface area contributed by atoms with E-state index in [9.17, 15) is 9.59 Å². The highest BCUT2D eigenvalue weighted by atomic mass is 32.1. The third-order valence-electron chi connectivity index (χ3n) is 5.47. The summed E-state index contributed by atoms with van der Waals surface area (Å²) in [5, 5.41) is 3.04. The van der Waals surface area contributed by atoms with Crippen molar-refractivity contribution in [2.45, 2.75) is 44.6 Å². The van der Waals surface area contributed by atoms with Crippen LogP contribution in [0.1, 0.15) is 48.9 Å². The summed E-state index contributed by atoms with van der Waals surface area (Å²) >= 11 is 4.97. The van der Waals surface area contributed by atoms with E-state index in [0.717, 1.165) is 44.2 Å². The van der Waals surface area contributed by atoms with Gasteiger partial charge in [0.05, 0.1) is 5.52 Å². The second kappa shape index (κ2) is 7.23. The summed E-state index contributed by atoms with van der Waals surface area (Å²) in [7, 11) is 0. The Morgan fingerprint density at radius 1 is 1.19 bits per heavy atom. The maximum absolute atomic E-state index is 12.6. The number of rotatable bonds is 3. The molecule has 1 aromatic carbocycles. The molecule has 2 aromatic rings. The monoisotopic (exact) mass is 373 g/mol. The summed E-state index contributed by atoms with van der Waals surface area (Å²) in [6.07, 6.45) is 6.38. The zero-order valence-electron chi connectivity index (χ0n) is 14.6. The Bertz CT molecular complexity index is 882. The third-order valence-corrected chi connectivity index (χ3v) is 5.66. The number of aromatic amines is 1. The average molecular weight is 373 g/mol. The van der Waals surface area contributed by atoms with Crippen LogP contribution in [-0.4, -0.2) is 40.8 Å². The number of carbonyl (C=O) groups is 2. The molecular weight excluding hydrogens is 350 g/mol. The largest absolute Gasteiger partial charge is 0.429 e. The molecule has 138 valence electrons. The van der Waals surface area contributed by atoms with Crippen molar-refractivity contribution in [3.8, 4) is 0 Å². The summed E-state index contributed by atoms with van der Waals surface area (Å²) in [5.74, 6) is 0.307. The Hall–Kier alpha value is -2.15. The number of likely N-dealkylation sites (tertiary alicyclic amines) is 1. The predicted octanol–water partition coefficient (Wildman–Crippen LogP) is 3.40. The van der Waals surface area contributed by atoms with Crippen molar-refractivity contribution in [2.75, 3.05) is 13.1 Å². The molecule has 2 N–H and O–H groups in total. The topological polar surface area (TPSA) is 78.3 Å². The standard InChI is InChI=1S/C19H23N3O3S/c23-17(13-6-7-15-16(10-13)25-19(26)21-15)20-14-8-9-22(11-14)18(24)12-4-2-1-3-5-12/h6-7,10,12,14H,1-5,8-9,11H2,(H,20,23)(H,21,26). The number of hydrogen-bond donors (Lipinski definition) is 2. The van der Waals surface area contributed by atoms with Crippen LogP contribution in [-0.2, 0) is 4.79 Å². The molecule has 0 radical (unpaired) electrons. The van der Waals surface area contributed by atoms with Gasteiger partial charge in [-0.2, -0.15) is 0 Å². The molecule has 2 amide bonds. The molecule has 1 aromatic heterocycles. The van der Waals surface area contributed by atoms with Crippen LogP contribution in [0.4, 0.5) is 0 Å². The Morgan fingerprint density at radius 3 is 2.81 bits per heavy atom. The van der Waals surface area contributed by atoms with Crippen LogP contribution >= 0.6 is 12.2 Å². The van der Waals surface area contributed by atoms with Gasteiger partial charge in [-0.1, -0.05) is 19.3 Å². The lowest BCUT2D eigenvalue weighted by molar-refractivity contribution is -0.135. The van der Waals surface area contributed by atoms with Crippen molar-refractivity contribution in [1.82, 2.24) is 15.2 Å². The number of oxazole rings is 1. The lowest BCUT2D eigenvalue weighted by atomic mass is 9.88. The molecule has 1 unspecified atom stereocenters. The first-order valence-corrected chi connectivity index (χ1v) is 9.73. The number of carbonyl (C=O) groups excluding carboxylic acids is 2. The van der Waals surface area contributed by atoms with Crippen molar-refractivity contribution in [1.29, 1.82) is 0 Å². The molecular formula is C19H23N3O3S. The number of H-pyrrole nitrogens is 1. The number of amides is 2. The Morgan fingerprint density at radius 2 is 2.00 bits per heavy atom. The fraction of sp³-hybridized carbons (Fsp3) is 0.526. The van der Waals surface area contributed by atoms with E-state index in [1.165, 1.54) is 6.42 Å². The number of aromatic nitrogens is 1. The number of nitrogens with one attached hydrogen (secondary N) is 2. The Kier molecular flexibility index (Phi) is 4.80. The van der Waals surface area contributed by atoms with E-state index in [2.05, 4.69) is 10.3 Å². The molecule has 1 saturated heterocycles. The van der Waals surface area contributed by atoms with Crippen LogP contribution in [0.15, 0.2) is 22.6 Å². The maximum Gasteiger partial charge on any atom is 0.266 e. The van der Waals surface area contributed by atoms with Crippen molar-refractivity contribution >= 4 is 35.1 Å². The van der Waals surface area contributed by atoms with Gasteiger partial charge in [0.15, 0.2) is 5.58 Å². The second-order valence-electron chi connectivity index (χ2n) is 7.30. The van der Waals surface area contributed by atoms with Crippen molar-refractivity contribution < 1.29 is 14.0 Å². The second-order valence-corrected chi connectivity index (χ2v) is 7.67. The van der Waals surface area contributed by atoms with Gasteiger partial charge < -0.3 is 19.6 Å². The van der Waals surface area contributed by atoms with Gasteiger partial charge in [-0.05, 0) is 49.7 Å². The molecule has 0 spiro atoms. The molecule has 2 fully saturated rings. The summed E-state index contributed by atoms with van der Waals surface area (Å²) in [6, 6.07) is 5.23. The van der Waals surface area contributed by atoms with Crippen molar-refractivity contribution in [3.63, 3.8) is 0 Å². The maximum atomic E-state index is 12.6. The van der Waals surface area contributed by atoms with E-state index in [1.54, 1.807) is 18.2 Å². The molecule has 7 heteroatoms. The van der Waals surface area contributed by atoms with E-state index in [0.29, 0.717) is 22.5 Å².